The number of benzene rings is 1. The second-order valence-corrected chi connectivity index (χ2v) is 10.1. The van der Waals surface area contributed by atoms with Crippen LogP contribution in [0.3, 0.4) is 0 Å². The fourth-order valence-corrected chi connectivity index (χ4v) is 5.48. The molecule has 4 rings (SSSR count). The van der Waals surface area contributed by atoms with Gasteiger partial charge in [0.1, 0.15) is 16.7 Å². The summed E-state index contributed by atoms with van der Waals surface area (Å²) >= 11 is 0.932. The number of primary amides is 1. The molecule has 192 valence electrons. The van der Waals surface area contributed by atoms with Crippen molar-refractivity contribution < 1.29 is 23.9 Å². The van der Waals surface area contributed by atoms with E-state index in [1.807, 2.05) is 17.1 Å². The Morgan fingerprint density at radius 3 is 2.75 bits per heavy atom. The number of nitrogens with two attached hydrogens (primary N) is 1. The molecular formula is C24H30N6O5S. The van der Waals surface area contributed by atoms with Crippen LogP contribution in [0.4, 0.5) is 0 Å². The number of hydrogen-bond donors (Lipinski definition) is 2. The van der Waals surface area contributed by atoms with Crippen LogP contribution in [-0.4, -0.2) is 77.3 Å². The lowest BCUT2D eigenvalue weighted by molar-refractivity contribution is -0.148. The predicted molar refractivity (Wildman–Crippen MR) is 132 cm³/mol. The van der Waals surface area contributed by atoms with E-state index in [4.69, 9.17) is 10.5 Å². The number of amides is 4. The molecule has 11 nitrogen and oxygen atoms in total. The van der Waals surface area contributed by atoms with Gasteiger partial charge in [-0.05, 0) is 36.6 Å². The Hall–Kier alpha value is -3.51. The minimum Gasteiger partial charge on any atom is -0.497 e. The smallest absolute Gasteiger partial charge is 0.282 e. The zero-order valence-electron chi connectivity index (χ0n) is 20.7. The summed E-state index contributed by atoms with van der Waals surface area (Å²) in [7, 11) is 3.15. The van der Waals surface area contributed by atoms with E-state index < -0.39 is 23.8 Å². The molecule has 1 fully saturated rings. The van der Waals surface area contributed by atoms with Crippen molar-refractivity contribution >= 4 is 35.0 Å². The lowest BCUT2D eigenvalue weighted by Gasteiger charge is -2.28. The zero-order chi connectivity index (χ0) is 26.1. The average molecular weight is 515 g/mol. The first-order valence-corrected chi connectivity index (χ1v) is 12.5. The van der Waals surface area contributed by atoms with Gasteiger partial charge in [0.25, 0.3) is 17.7 Å². The highest BCUT2D eigenvalue weighted by Crippen LogP contribution is 2.32. The minimum absolute atomic E-state index is 0.0986. The molecule has 1 saturated heterocycles. The van der Waals surface area contributed by atoms with Gasteiger partial charge in [0.15, 0.2) is 5.01 Å². The molecule has 0 bridgehead atoms. The number of thiazole rings is 1. The summed E-state index contributed by atoms with van der Waals surface area (Å²) in [6.07, 6.45) is 0.864. The van der Waals surface area contributed by atoms with E-state index in [1.165, 1.54) is 4.90 Å². The van der Waals surface area contributed by atoms with Gasteiger partial charge in [-0.15, -0.1) is 11.3 Å². The number of fused-ring (bicyclic) bond motifs is 2. The molecule has 0 unspecified atom stereocenters. The van der Waals surface area contributed by atoms with Gasteiger partial charge >= 0.3 is 0 Å². The summed E-state index contributed by atoms with van der Waals surface area (Å²) in [4.78, 5) is 56.7. The lowest BCUT2D eigenvalue weighted by Crippen LogP contribution is -2.47. The topological polar surface area (TPSA) is 138 Å². The number of nitrogens with zero attached hydrogens (tertiary/aromatic N) is 4. The van der Waals surface area contributed by atoms with Crippen molar-refractivity contribution in [2.24, 2.45) is 11.7 Å². The van der Waals surface area contributed by atoms with Crippen LogP contribution in [0.25, 0.3) is 0 Å². The van der Waals surface area contributed by atoms with Crippen LogP contribution in [0.1, 0.15) is 55.7 Å². The number of rotatable bonds is 7. The average Bonchev–Trinajstić information content (AvgIpc) is 3.45. The van der Waals surface area contributed by atoms with E-state index in [9.17, 15) is 19.2 Å². The third-order valence-corrected chi connectivity index (χ3v) is 7.63. The fourth-order valence-electron chi connectivity index (χ4n) is 4.57. The van der Waals surface area contributed by atoms with Gasteiger partial charge in [-0.25, -0.2) is 9.99 Å². The summed E-state index contributed by atoms with van der Waals surface area (Å²) in [5, 5.41) is 6.76. The predicted octanol–water partition coefficient (Wildman–Crippen LogP) is 1.09. The van der Waals surface area contributed by atoms with Crippen LogP contribution in [0.15, 0.2) is 18.2 Å². The third kappa shape index (κ3) is 4.91. The molecule has 0 saturated carbocycles. The van der Waals surface area contributed by atoms with Crippen molar-refractivity contribution in [3.05, 3.63) is 44.9 Å². The van der Waals surface area contributed by atoms with Gasteiger partial charge in [0, 0.05) is 33.2 Å². The molecule has 2 aromatic rings. The summed E-state index contributed by atoms with van der Waals surface area (Å²) < 4.78 is 5.37. The van der Waals surface area contributed by atoms with Crippen molar-refractivity contribution in [1.29, 1.82) is 0 Å². The van der Waals surface area contributed by atoms with Gasteiger partial charge in [-0.3, -0.25) is 24.2 Å². The molecule has 3 heterocycles. The Bertz CT molecular complexity index is 1210. The van der Waals surface area contributed by atoms with E-state index in [1.54, 1.807) is 39.1 Å². The molecule has 1 aromatic heterocycles. The standard InChI is InChI=1S/C24H30N6O5S/c1-13(11-28(3)24(34)22-26-14(2)19(36-22)20(25)31)21(32)27-18-17-7-6-16(35-4)10-15(17)12-29-8-5-9-30(29)23(18)33/h6-7,10,13,18H,5,8-9,11-12H2,1-4H3,(H2,25,31)(H,27,32)/t13-,18+/m1/s1. The number of hydrazine groups is 1. The van der Waals surface area contributed by atoms with Crippen LogP contribution >= 0.6 is 11.3 Å². The Labute approximate surface area is 213 Å². The van der Waals surface area contributed by atoms with Crippen LogP contribution in [0, 0.1) is 12.8 Å². The highest BCUT2D eigenvalue weighted by atomic mass is 32.1. The number of hydrogen-bond acceptors (Lipinski definition) is 8. The second kappa shape index (κ2) is 10.2. The van der Waals surface area contributed by atoms with Crippen molar-refractivity contribution in [2.45, 2.75) is 32.9 Å². The molecule has 2 aliphatic heterocycles. The quantitative estimate of drug-likeness (QED) is 0.564. The van der Waals surface area contributed by atoms with Gasteiger partial charge in [0.05, 0.1) is 18.7 Å². The normalized spacial score (nSPS) is 18.2. The molecule has 12 heteroatoms. The first-order chi connectivity index (χ1) is 17.1. The molecule has 2 aliphatic rings. The fraction of sp³-hybridized carbons (Fsp3) is 0.458. The third-order valence-electron chi connectivity index (χ3n) is 6.47. The second-order valence-electron chi connectivity index (χ2n) is 9.09. The maximum atomic E-state index is 13.4. The largest absolute Gasteiger partial charge is 0.497 e. The molecule has 36 heavy (non-hydrogen) atoms. The van der Waals surface area contributed by atoms with Crippen molar-refractivity contribution in [2.75, 3.05) is 33.8 Å². The molecule has 1 aromatic carbocycles. The van der Waals surface area contributed by atoms with E-state index in [2.05, 4.69) is 10.3 Å². The van der Waals surface area contributed by atoms with E-state index >= 15 is 0 Å². The van der Waals surface area contributed by atoms with Gasteiger partial charge in [-0.1, -0.05) is 13.0 Å². The van der Waals surface area contributed by atoms with Crippen LogP contribution < -0.4 is 15.8 Å². The van der Waals surface area contributed by atoms with Gasteiger partial charge < -0.3 is 20.7 Å². The van der Waals surface area contributed by atoms with Crippen molar-refractivity contribution in [3.63, 3.8) is 0 Å². The first-order valence-electron chi connectivity index (χ1n) is 11.7. The van der Waals surface area contributed by atoms with E-state index in [0.29, 0.717) is 24.5 Å². The molecule has 3 N–H and O–H groups in total. The molecule has 0 aliphatic carbocycles. The zero-order valence-corrected chi connectivity index (χ0v) is 21.6. The van der Waals surface area contributed by atoms with Gasteiger partial charge in [-0.2, -0.15) is 0 Å². The molecule has 0 spiro atoms. The molecule has 2 atom stereocenters. The number of ether oxygens (including phenoxy) is 1. The SMILES string of the molecule is COc1ccc2c(c1)CN1CCCN1C(=O)[C@H]2NC(=O)[C@H](C)CN(C)C(=O)c1nc(C)c(C(N)=O)s1. The molecular weight excluding hydrogens is 484 g/mol. The maximum Gasteiger partial charge on any atom is 0.282 e. The first kappa shape index (κ1) is 25.6. The summed E-state index contributed by atoms with van der Waals surface area (Å²) in [6.45, 7) is 5.32. The van der Waals surface area contributed by atoms with Crippen LogP contribution in [0.5, 0.6) is 5.75 Å². The maximum absolute atomic E-state index is 13.4. The number of nitrogens with one attached hydrogen (secondary N) is 1. The number of aryl methyl sites for hydroxylation is 1. The monoisotopic (exact) mass is 514 g/mol. The summed E-state index contributed by atoms with van der Waals surface area (Å²) in [6, 6.07) is 4.66. The minimum atomic E-state index is -0.843. The Balaban J connectivity index is 1.49. The summed E-state index contributed by atoms with van der Waals surface area (Å²) in [5.41, 5.74) is 7.38. The van der Waals surface area contributed by atoms with Crippen molar-refractivity contribution in [3.8, 4) is 5.75 Å². The number of aromatic nitrogens is 1. The Kier molecular flexibility index (Phi) is 7.27. The van der Waals surface area contributed by atoms with Crippen LogP contribution in [-0.2, 0) is 16.1 Å². The Morgan fingerprint density at radius 1 is 1.33 bits per heavy atom. The molecule has 4 amide bonds. The van der Waals surface area contributed by atoms with Crippen LogP contribution in [0.2, 0.25) is 0 Å². The van der Waals surface area contributed by atoms with Gasteiger partial charge in [0.2, 0.25) is 5.91 Å². The highest BCUT2D eigenvalue weighted by Gasteiger charge is 2.39. The van der Waals surface area contributed by atoms with E-state index in [-0.39, 0.29) is 28.2 Å². The lowest BCUT2D eigenvalue weighted by atomic mass is 9.98. The Morgan fingerprint density at radius 2 is 2.08 bits per heavy atom. The number of methoxy groups -OCH3 is 1. The highest BCUT2D eigenvalue weighted by molar-refractivity contribution is 7.15. The van der Waals surface area contributed by atoms with Crippen molar-refractivity contribution in [1.82, 2.24) is 25.2 Å². The number of carbonyl (C=O) groups is 4. The van der Waals surface area contributed by atoms with E-state index in [0.717, 1.165) is 35.4 Å². The number of carbonyl (C=O) groups excluding carboxylic acids is 4. The molecule has 0 radical (unpaired) electrons. The summed E-state index contributed by atoms with van der Waals surface area (Å²) in [5.74, 6) is -1.51.